The molecule has 0 bridgehead atoms. The Kier molecular flexibility index (Phi) is 4.44. The standard InChI is InChI=1S/C21H16ClN5/c22-17-12-26-21(20-18(24)10-16(23)11-25-20)27-19(17)15-8-4-7-14(9-15)13-5-2-1-3-6-13/h1-12H,23-24H2. The van der Waals surface area contributed by atoms with Crippen LogP contribution < -0.4 is 11.5 Å². The number of nitrogens with zero attached hydrogens (tertiary/aromatic N) is 3. The zero-order valence-electron chi connectivity index (χ0n) is 14.3. The second-order valence-corrected chi connectivity index (χ2v) is 6.45. The summed E-state index contributed by atoms with van der Waals surface area (Å²) in [7, 11) is 0. The Morgan fingerprint density at radius 1 is 0.704 bits per heavy atom. The highest BCUT2D eigenvalue weighted by atomic mass is 35.5. The number of anilines is 2. The number of pyridine rings is 1. The van der Waals surface area contributed by atoms with Crippen LogP contribution in [0.3, 0.4) is 0 Å². The molecular formula is C21H16ClN5. The van der Waals surface area contributed by atoms with Crippen molar-refractivity contribution in [2.75, 3.05) is 11.5 Å². The zero-order chi connectivity index (χ0) is 18.8. The van der Waals surface area contributed by atoms with Crippen LogP contribution >= 0.6 is 11.6 Å². The van der Waals surface area contributed by atoms with E-state index in [4.69, 9.17) is 23.1 Å². The predicted octanol–water partition coefficient (Wildman–Crippen LogP) is 4.69. The molecule has 5 nitrogen and oxygen atoms in total. The second-order valence-electron chi connectivity index (χ2n) is 6.04. The molecular weight excluding hydrogens is 358 g/mol. The quantitative estimate of drug-likeness (QED) is 0.543. The van der Waals surface area contributed by atoms with Crippen molar-refractivity contribution in [3.63, 3.8) is 0 Å². The molecule has 2 aromatic heterocycles. The van der Waals surface area contributed by atoms with E-state index in [0.29, 0.717) is 33.6 Å². The van der Waals surface area contributed by atoms with Gasteiger partial charge in [-0.3, -0.25) is 0 Å². The highest BCUT2D eigenvalue weighted by molar-refractivity contribution is 6.32. The van der Waals surface area contributed by atoms with Gasteiger partial charge in [-0.15, -0.1) is 0 Å². The first-order valence-corrected chi connectivity index (χ1v) is 8.69. The van der Waals surface area contributed by atoms with Gasteiger partial charge in [-0.2, -0.15) is 0 Å². The van der Waals surface area contributed by atoms with Crippen molar-refractivity contribution < 1.29 is 0 Å². The molecule has 4 aromatic rings. The molecule has 0 spiro atoms. The largest absolute Gasteiger partial charge is 0.397 e. The maximum Gasteiger partial charge on any atom is 0.180 e. The van der Waals surface area contributed by atoms with E-state index in [-0.39, 0.29) is 0 Å². The van der Waals surface area contributed by atoms with Crippen LogP contribution in [0.15, 0.2) is 73.1 Å². The summed E-state index contributed by atoms with van der Waals surface area (Å²) in [5, 5.41) is 0.456. The second kappa shape index (κ2) is 7.05. The van der Waals surface area contributed by atoms with E-state index in [2.05, 4.69) is 27.1 Å². The van der Waals surface area contributed by atoms with Crippen LogP contribution in [0.5, 0.6) is 0 Å². The smallest absolute Gasteiger partial charge is 0.180 e. The normalized spacial score (nSPS) is 10.7. The van der Waals surface area contributed by atoms with Crippen molar-refractivity contribution in [2.45, 2.75) is 0 Å². The van der Waals surface area contributed by atoms with Crippen LogP contribution in [0.25, 0.3) is 33.9 Å². The molecule has 2 aromatic carbocycles. The van der Waals surface area contributed by atoms with Crippen molar-refractivity contribution in [1.82, 2.24) is 15.0 Å². The average molecular weight is 374 g/mol. The number of rotatable bonds is 3. The van der Waals surface area contributed by atoms with Gasteiger partial charge >= 0.3 is 0 Å². The topological polar surface area (TPSA) is 90.7 Å². The lowest BCUT2D eigenvalue weighted by Gasteiger charge is -2.09. The fraction of sp³-hybridized carbons (Fsp3) is 0. The van der Waals surface area contributed by atoms with E-state index >= 15 is 0 Å². The molecule has 0 aliphatic heterocycles. The van der Waals surface area contributed by atoms with Crippen molar-refractivity contribution in [2.24, 2.45) is 0 Å². The number of benzene rings is 2. The summed E-state index contributed by atoms with van der Waals surface area (Å²) in [5.41, 5.74) is 16.8. The van der Waals surface area contributed by atoms with Gasteiger partial charge < -0.3 is 11.5 Å². The first-order chi connectivity index (χ1) is 13.1. The van der Waals surface area contributed by atoms with Crippen molar-refractivity contribution >= 4 is 23.0 Å². The summed E-state index contributed by atoms with van der Waals surface area (Å²) < 4.78 is 0. The van der Waals surface area contributed by atoms with E-state index in [1.54, 1.807) is 12.3 Å². The third-order valence-corrected chi connectivity index (χ3v) is 4.41. The van der Waals surface area contributed by atoms with E-state index in [0.717, 1.165) is 16.7 Å². The summed E-state index contributed by atoms with van der Waals surface area (Å²) >= 11 is 6.38. The molecule has 0 amide bonds. The number of halogens is 1. The first kappa shape index (κ1) is 17.0. The van der Waals surface area contributed by atoms with Gasteiger partial charge in [0, 0.05) is 5.56 Å². The SMILES string of the molecule is Nc1cnc(-c2ncc(Cl)c(-c3cccc(-c4ccccc4)c3)n2)c(N)c1. The van der Waals surface area contributed by atoms with Crippen LogP contribution in [0, 0.1) is 0 Å². The monoisotopic (exact) mass is 373 g/mol. The zero-order valence-corrected chi connectivity index (χ0v) is 15.1. The van der Waals surface area contributed by atoms with Gasteiger partial charge in [0.2, 0.25) is 0 Å². The van der Waals surface area contributed by atoms with Gasteiger partial charge in [-0.05, 0) is 23.3 Å². The van der Waals surface area contributed by atoms with Crippen molar-refractivity contribution in [1.29, 1.82) is 0 Å². The van der Waals surface area contributed by atoms with Crippen LogP contribution in [-0.4, -0.2) is 15.0 Å². The minimum atomic E-state index is 0.400. The molecule has 2 heterocycles. The maximum absolute atomic E-state index is 6.38. The maximum atomic E-state index is 6.38. The minimum absolute atomic E-state index is 0.400. The highest BCUT2D eigenvalue weighted by Gasteiger charge is 2.13. The summed E-state index contributed by atoms with van der Waals surface area (Å²) in [6.45, 7) is 0. The van der Waals surface area contributed by atoms with Crippen LogP contribution in [0.1, 0.15) is 0 Å². The number of nitrogen functional groups attached to an aromatic ring is 2. The third kappa shape index (κ3) is 3.45. The van der Waals surface area contributed by atoms with Gasteiger partial charge in [0.05, 0.1) is 34.5 Å². The number of hydrogen-bond acceptors (Lipinski definition) is 5. The molecule has 4 rings (SSSR count). The Bertz CT molecular complexity index is 1110. The minimum Gasteiger partial charge on any atom is -0.397 e. The highest BCUT2D eigenvalue weighted by Crippen LogP contribution is 2.31. The fourth-order valence-corrected chi connectivity index (χ4v) is 3.05. The Labute approximate surface area is 161 Å². The fourth-order valence-electron chi connectivity index (χ4n) is 2.85. The molecule has 0 saturated carbocycles. The molecule has 0 saturated heterocycles. The van der Waals surface area contributed by atoms with Gasteiger partial charge in [-0.1, -0.05) is 60.1 Å². The third-order valence-electron chi connectivity index (χ3n) is 4.14. The van der Waals surface area contributed by atoms with Crippen molar-refractivity contribution in [3.05, 3.63) is 78.1 Å². The van der Waals surface area contributed by atoms with Crippen LogP contribution in [0.4, 0.5) is 11.4 Å². The summed E-state index contributed by atoms with van der Waals surface area (Å²) in [6.07, 6.45) is 3.09. The molecule has 0 fully saturated rings. The first-order valence-electron chi connectivity index (χ1n) is 8.31. The predicted molar refractivity (Wildman–Crippen MR) is 110 cm³/mol. The molecule has 132 valence electrons. The van der Waals surface area contributed by atoms with E-state index in [1.165, 1.54) is 6.20 Å². The Morgan fingerprint density at radius 2 is 1.44 bits per heavy atom. The molecule has 4 N–H and O–H groups in total. The van der Waals surface area contributed by atoms with Crippen LogP contribution in [0.2, 0.25) is 5.02 Å². The molecule has 0 atom stereocenters. The number of nitrogens with two attached hydrogens (primary N) is 2. The van der Waals surface area contributed by atoms with E-state index in [1.807, 2.05) is 42.5 Å². The van der Waals surface area contributed by atoms with Gasteiger partial charge in [0.25, 0.3) is 0 Å². The average Bonchev–Trinajstić information content (AvgIpc) is 2.69. The molecule has 0 unspecified atom stereocenters. The lowest BCUT2D eigenvalue weighted by molar-refractivity contribution is 1.15. The van der Waals surface area contributed by atoms with Gasteiger partial charge in [0.1, 0.15) is 5.69 Å². The van der Waals surface area contributed by atoms with Gasteiger partial charge in [0.15, 0.2) is 5.82 Å². The molecule has 6 heteroatoms. The Hall–Kier alpha value is -3.44. The number of hydrogen-bond donors (Lipinski definition) is 2. The molecule has 0 aliphatic carbocycles. The lowest BCUT2D eigenvalue weighted by atomic mass is 10.0. The van der Waals surface area contributed by atoms with Crippen molar-refractivity contribution in [3.8, 4) is 33.9 Å². The Balaban J connectivity index is 1.81. The number of aromatic nitrogens is 3. The Morgan fingerprint density at radius 3 is 2.22 bits per heavy atom. The summed E-state index contributed by atoms with van der Waals surface area (Å²) in [4.78, 5) is 13.2. The molecule has 0 aliphatic rings. The van der Waals surface area contributed by atoms with E-state index < -0.39 is 0 Å². The summed E-state index contributed by atoms with van der Waals surface area (Å²) in [5.74, 6) is 0.400. The lowest BCUT2D eigenvalue weighted by Crippen LogP contribution is -2.00. The summed E-state index contributed by atoms with van der Waals surface area (Å²) in [6, 6.07) is 19.8. The molecule has 0 radical (unpaired) electrons. The van der Waals surface area contributed by atoms with Gasteiger partial charge in [-0.25, -0.2) is 15.0 Å². The van der Waals surface area contributed by atoms with E-state index in [9.17, 15) is 0 Å². The van der Waals surface area contributed by atoms with Crippen LogP contribution in [-0.2, 0) is 0 Å². The molecule has 27 heavy (non-hydrogen) atoms.